The predicted molar refractivity (Wildman–Crippen MR) is 70.3 cm³/mol. The molecule has 0 amide bonds. The fourth-order valence-electron chi connectivity index (χ4n) is 2.42. The molecule has 1 nitrogen and oxygen atoms in total. The lowest BCUT2D eigenvalue weighted by Gasteiger charge is -2.49. The molecule has 4 heteroatoms. The summed E-state index contributed by atoms with van der Waals surface area (Å²) < 4.78 is 24.2. The zero-order chi connectivity index (χ0) is 13.3. The second kappa shape index (κ2) is 5.17. The van der Waals surface area contributed by atoms with Crippen molar-refractivity contribution in [2.75, 3.05) is 5.75 Å². The summed E-state index contributed by atoms with van der Waals surface area (Å²) in [6.45, 7) is 4.12. The predicted octanol–water partition coefficient (Wildman–Crippen LogP) is 3.92. The van der Waals surface area contributed by atoms with Gasteiger partial charge in [-0.3, -0.25) is 0 Å². The Bertz CT molecular complexity index is 403. The molecule has 1 saturated carbocycles. The molecule has 1 aromatic carbocycles. The highest BCUT2D eigenvalue weighted by molar-refractivity contribution is 7.99. The SMILES string of the molecule is CC1(C)C(O)CC1c1ccc(SCC(F)F)cc1. The van der Waals surface area contributed by atoms with Crippen molar-refractivity contribution in [1.29, 1.82) is 0 Å². The fraction of sp³-hybridized carbons (Fsp3) is 0.571. The van der Waals surface area contributed by atoms with Gasteiger partial charge in [0.05, 0.1) is 11.9 Å². The lowest BCUT2D eigenvalue weighted by atomic mass is 9.58. The Balaban J connectivity index is 2.00. The van der Waals surface area contributed by atoms with Crippen molar-refractivity contribution in [2.45, 2.75) is 43.6 Å². The van der Waals surface area contributed by atoms with Crippen LogP contribution in [0.5, 0.6) is 0 Å². The summed E-state index contributed by atoms with van der Waals surface area (Å²) in [7, 11) is 0. The molecule has 1 aliphatic carbocycles. The maximum absolute atomic E-state index is 12.1. The average Bonchev–Trinajstić information content (AvgIpc) is 2.34. The standard InChI is InChI=1S/C14H18F2OS/c1-14(2)11(7-12(14)17)9-3-5-10(6-4-9)18-8-13(15)16/h3-6,11-13,17H,7-8H2,1-2H3. The fourth-order valence-corrected chi connectivity index (χ4v) is 3.07. The van der Waals surface area contributed by atoms with E-state index >= 15 is 0 Å². The zero-order valence-electron chi connectivity index (χ0n) is 10.6. The second-order valence-electron chi connectivity index (χ2n) is 5.40. The van der Waals surface area contributed by atoms with E-state index in [4.69, 9.17) is 0 Å². The largest absolute Gasteiger partial charge is 0.393 e. The van der Waals surface area contributed by atoms with Gasteiger partial charge in [0, 0.05) is 4.90 Å². The Labute approximate surface area is 111 Å². The summed E-state index contributed by atoms with van der Waals surface area (Å²) >= 11 is 1.18. The van der Waals surface area contributed by atoms with Crippen molar-refractivity contribution in [2.24, 2.45) is 5.41 Å². The van der Waals surface area contributed by atoms with Gasteiger partial charge in [-0.05, 0) is 35.4 Å². The normalized spacial score (nSPS) is 26.1. The molecule has 1 aliphatic rings. The highest BCUT2D eigenvalue weighted by atomic mass is 32.2. The van der Waals surface area contributed by atoms with Crippen LogP contribution in [0.25, 0.3) is 0 Å². The summed E-state index contributed by atoms with van der Waals surface area (Å²) in [6, 6.07) is 7.77. The van der Waals surface area contributed by atoms with Gasteiger partial charge in [0.15, 0.2) is 0 Å². The van der Waals surface area contributed by atoms with Crippen LogP contribution in [0.4, 0.5) is 8.78 Å². The van der Waals surface area contributed by atoms with E-state index < -0.39 is 6.43 Å². The highest BCUT2D eigenvalue weighted by Gasteiger charge is 2.47. The van der Waals surface area contributed by atoms with Crippen LogP contribution >= 0.6 is 11.8 Å². The molecule has 0 bridgehead atoms. The molecule has 2 rings (SSSR count). The Morgan fingerprint density at radius 2 is 1.94 bits per heavy atom. The molecule has 18 heavy (non-hydrogen) atoms. The molecule has 1 aromatic rings. The van der Waals surface area contributed by atoms with Crippen LogP contribution in [0, 0.1) is 5.41 Å². The number of alkyl halides is 2. The van der Waals surface area contributed by atoms with Crippen molar-refractivity contribution < 1.29 is 13.9 Å². The Morgan fingerprint density at radius 3 is 2.39 bits per heavy atom. The van der Waals surface area contributed by atoms with Gasteiger partial charge in [-0.1, -0.05) is 26.0 Å². The lowest BCUT2D eigenvalue weighted by molar-refractivity contribution is -0.0625. The molecular formula is C14H18F2OS. The van der Waals surface area contributed by atoms with Crippen molar-refractivity contribution in [3.05, 3.63) is 29.8 Å². The highest BCUT2D eigenvalue weighted by Crippen LogP contribution is 2.52. The number of aliphatic hydroxyl groups excluding tert-OH is 1. The van der Waals surface area contributed by atoms with Crippen molar-refractivity contribution in [3.8, 4) is 0 Å². The van der Waals surface area contributed by atoms with Gasteiger partial charge in [0.1, 0.15) is 0 Å². The molecule has 1 N–H and O–H groups in total. The number of aliphatic hydroxyl groups is 1. The summed E-state index contributed by atoms with van der Waals surface area (Å²) in [5.41, 5.74) is 1.10. The Morgan fingerprint density at radius 1 is 1.33 bits per heavy atom. The molecule has 0 radical (unpaired) electrons. The van der Waals surface area contributed by atoms with Crippen molar-refractivity contribution in [3.63, 3.8) is 0 Å². The minimum absolute atomic E-state index is 0.0857. The molecular weight excluding hydrogens is 254 g/mol. The van der Waals surface area contributed by atoms with E-state index in [1.807, 2.05) is 24.3 Å². The minimum Gasteiger partial charge on any atom is -0.393 e. The van der Waals surface area contributed by atoms with E-state index in [0.717, 1.165) is 11.3 Å². The molecule has 0 aliphatic heterocycles. The van der Waals surface area contributed by atoms with Gasteiger partial charge in [-0.2, -0.15) is 0 Å². The van der Waals surface area contributed by atoms with E-state index in [9.17, 15) is 13.9 Å². The van der Waals surface area contributed by atoms with Crippen molar-refractivity contribution in [1.82, 2.24) is 0 Å². The van der Waals surface area contributed by atoms with Crippen LogP contribution in [0.15, 0.2) is 29.2 Å². The van der Waals surface area contributed by atoms with Gasteiger partial charge < -0.3 is 5.11 Å². The van der Waals surface area contributed by atoms with Crippen LogP contribution in [-0.4, -0.2) is 23.4 Å². The molecule has 0 spiro atoms. The van der Waals surface area contributed by atoms with E-state index in [0.29, 0.717) is 5.92 Å². The first-order valence-electron chi connectivity index (χ1n) is 6.10. The summed E-state index contributed by atoms with van der Waals surface area (Å²) in [5.74, 6) is 0.203. The van der Waals surface area contributed by atoms with Gasteiger partial charge >= 0.3 is 0 Å². The molecule has 0 aromatic heterocycles. The third kappa shape index (κ3) is 2.69. The summed E-state index contributed by atoms with van der Waals surface area (Å²) in [6.07, 6.45) is -1.72. The molecule has 0 heterocycles. The smallest absolute Gasteiger partial charge is 0.247 e. The number of hydrogen-bond acceptors (Lipinski definition) is 2. The quantitative estimate of drug-likeness (QED) is 0.838. The molecule has 1 fully saturated rings. The van der Waals surface area contributed by atoms with Crippen LogP contribution < -0.4 is 0 Å². The first-order valence-corrected chi connectivity index (χ1v) is 7.09. The maximum Gasteiger partial charge on any atom is 0.247 e. The van der Waals surface area contributed by atoms with Gasteiger partial charge in [-0.15, -0.1) is 11.8 Å². The number of halogens is 2. The van der Waals surface area contributed by atoms with E-state index in [2.05, 4.69) is 13.8 Å². The first-order chi connectivity index (χ1) is 8.41. The van der Waals surface area contributed by atoms with Crippen LogP contribution in [-0.2, 0) is 0 Å². The van der Waals surface area contributed by atoms with Crippen LogP contribution in [0.2, 0.25) is 0 Å². The third-order valence-corrected chi connectivity index (χ3v) is 4.90. The number of thioether (sulfide) groups is 1. The maximum atomic E-state index is 12.1. The monoisotopic (exact) mass is 272 g/mol. The average molecular weight is 272 g/mol. The molecule has 2 atom stereocenters. The van der Waals surface area contributed by atoms with E-state index in [1.165, 1.54) is 17.3 Å². The van der Waals surface area contributed by atoms with Gasteiger partial charge in [-0.25, -0.2) is 8.78 Å². The number of hydrogen-bond donors (Lipinski definition) is 1. The second-order valence-corrected chi connectivity index (χ2v) is 6.49. The third-order valence-electron chi connectivity index (χ3n) is 3.87. The van der Waals surface area contributed by atoms with Gasteiger partial charge in [0.25, 0.3) is 0 Å². The first kappa shape index (κ1) is 13.8. The minimum atomic E-state index is -2.27. The van der Waals surface area contributed by atoms with E-state index in [1.54, 1.807) is 0 Å². The zero-order valence-corrected chi connectivity index (χ0v) is 11.4. The Hall–Kier alpha value is -0.610. The summed E-state index contributed by atoms with van der Waals surface area (Å²) in [4.78, 5) is 0.872. The lowest BCUT2D eigenvalue weighted by Crippen LogP contribution is -2.47. The summed E-state index contributed by atoms with van der Waals surface area (Å²) in [5, 5.41) is 9.72. The number of benzene rings is 1. The molecule has 100 valence electrons. The molecule has 0 saturated heterocycles. The topological polar surface area (TPSA) is 20.2 Å². The van der Waals surface area contributed by atoms with Gasteiger partial charge in [0.2, 0.25) is 6.43 Å². The van der Waals surface area contributed by atoms with Crippen LogP contribution in [0.3, 0.4) is 0 Å². The van der Waals surface area contributed by atoms with Crippen molar-refractivity contribution >= 4 is 11.8 Å². The number of rotatable bonds is 4. The molecule has 2 unspecified atom stereocenters. The van der Waals surface area contributed by atoms with E-state index in [-0.39, 0.29) is 17.3 Å². The van der Waals surface area contributed by atoms with Crippen LogP contribution in [0.1, 0.15) is 31.7 Å². The Kier molecular flexibility index (Phi) is 3.97.